The van der Waals surface area contributed by atoms with Crippen molar-refractivity contribution < 1.29 is 22.8 Å². The minimum absolute atomic E-state index is 0.0616. The Bertz CT molecular complexity index is 1090. The van der Waals surface area contributed by atoms with Crippen molar-refractivity contribution in [2.24, 2.45) is 22.7 Å². The molecule has 6 atom stereocenters. The minimum atomic E-state index is -4.31. The number of benzene rings is 1. The molecule has 3 aliphatic carbocycles. The van der Waals surface area contributed by atoms with E-state index in [0.29, 0.717) is 23.4 Å². The maximum atomic E-state index is 11.4. The van der Waals surface area contributed by atoms with E-state index in [-0.39, 0.29) is 16.9 Å². The number of nitrogens with zero attached hydrogens (tertiary/aromatic N) is 1. The lowest BCUT2D eigenvalue weighted by Crippen LogP contribution is -2.54. The van der Waals surface area contributed by atoms with Crippen LogP contribution in [0.2, 0.25) is 0 Å². The van der Waals surface area contributed by atoms with E-state index in [4.69, 9.17) is 4.74 Å². The van der Waals surface area contributed by atoms with Gasteiger partial charge >= 0.3 is 10.3 Å². The second-order valence-corrected chi connectivity index (χ2v) is 13.4. The number of hydrogen-bond acceptors (Lipinski definition) is 5. The third-order valence-electron chi connectivity index (χ3n) is 10.3. The van der Waals surface area contributed by atoms with Gasteiger partial charge < -0.3 is 9.84 Å². The van der Waals surface area contributed by atoms with E-state index in [1.807, 2.05) is 6.07 Å². The van der Waals surface area contributed by atoms with Crippen LogP contribution in [0.5, 0.6) is 0 Å². The summed E-state index contributed by atoms with van der Waals surface area (Å²) in [7, 11) is -4.31. The third kappa shape index (κ3) is 5.24. The fraction of sp³-hybridized carbons (Fsp3) is 0.724. The van der Waals surface area contributed by atoms with Gasteiger partial charge in [0, 0.05) is 13.1 Å². The lowest BCUT2D eigenvalue weighted by Gasteiger charge is -2.60. The number of rotatable bonds is 9. The molecule has 4 aliphatic rings. The molecule has 206 valence electrons. The van der Waals surface area contributed by atoms with Crippen LogP contribution in [-0.4, -0.2) is 61.9 Å². The molecule has 37 heavy (non-hydrogen) atoms. The van der Waals surface area contributed by atoms with Crippen molar-refractivity contribution in [3.63, 3.8) is 0 Å². The van der Waals surface area contributed by atoms with Crippen molar-refractivity contribution in [2.45, 2.75) is 76.7 Å². The summed E-state index contributed by atoms with van der Waals surface area (Å²) in [4.78, 5) is 2.50. The van der Waals surface area contributed by atoms with E-state index < -0.39 is 10.3 Å². The molecule has 1 aromatic carbocycles. The Morgan fingerprint density at radius 3 is 2.73 bits per heavy atom. The van der Waals surface area contributed by atoms with Gasteiger partial charge in [-0.25, -0.2) is 0 Å². The number of morpholine rings is 1. The molecule has 2 saturated carbocycles. The largest absolute Gasteiger partial charge is 0.393 e. The van der Waals surface area contributed by atoms with Gasteiger partial charge in [0.25, 0.3) is 0 Å². The average Bonchev–Trinajstić information content (AvgIpc) is 3.17. The molecule has 0 radical (unpaired) electrons. The van der Waals surface area contributed by atoms with E-state index in [1.54, 1.807) is 6.07 Å². The first kappa shape index (κ1) is 27.1. The molecular weight excluding hydrogens is 488 g/mol. The molecule has 7 nitrogen and oxygen atoms in total. The van der Waals surface area contributed by atoms with Crippen LogP contribution in [0.1, 0.15) is 75.3 Å². The molecule has 8 heteroatoms. The number of aliphatic hydroxyl groups is 1. The number of allylic oxidation sites excluding steroid dienone is 1. The average molecular weight is 533 g/mol. The summed E-state index contributed by atoms with van der Waals surface area (Å²) in [5, 5.41) is 11.2. The van der Waals surface area contributed by atoms with E-state index in [2.05, 4.69) is 35.3 Å². The highest BCUT2D eigenvalue weighted by atomic mass is 32.2. The second kappa shape index (κ2) is 10.6. The van der Waals surface area contributed by atoms with Crippen LogP contribution in [0.4, 0.5) is 5.69 Å². The van der Waals surface area contributed by atoms with Gasteiger partial charge in [-0.3, -0.25) is 14.2 Å². The zero-order valence-corrected chi connectivity index (χ0v) is 23.0. The first-order valence-electron chi connectivity index (χ1n) is 14.2. The fourth-order valence-corrected chi connectivity index (χ4v) is 9.09. The van der Waals surface area contributed by atoms with Gasteiger partial charge in [0.05, 0.1) is 25.0 Å². The lowest BCUT2D eigenvalue weighted by molar-refractivity contribution is -0.0812. The van der Waals surface area contributed by atoms with E-state index >= 15 is 0 Å². The summed E-state index contributed by atoms with van der Waals surface area (Å²) in [6.07, 6.45) is 11.4. The predicted molar refractivity (Wildman–Crippen MR) is 146 cm³/mol. The molecule has 1 heterocycles. The first-order valence-corrected chi connectivity index (χ1v) is 15.6. The van der Waals surface area contributed by atoms with Crippen LogP contribution in [-0.2, 0) is 21.5 Å². The molecule has 3 unspecified atom stereocenters. The van der Waals surface area contributed by atoms with Crippen LogP contribution in [0, 0.1) is 22.7 Å². The van der Waals surface area contributed by atoms with E-state index in [9.17, 15) is 18.1 Å². The minimum Gasteiger partial charge on any atom is -0.393 e. The Labute approximate surface area is 222 Å². The summed E-state index contributed by atoms with van der Waals surface area (Å²) in [6, 6.07) is 5.75. The summed E-state index contributed by atoms with van der Waals surface area (Å²) in [5.41, 5.74) is 2.72. The van der Waals surface area contributed by atoms with Crippen molar-refractivity contribution in [1.29, 1.82) is 0 Å². The molecule has 1 aliphatic heterocycles. The Hall–Kier alpha value is -1.45. The SMILES string of the molecule is C=CC12CCc3cc(NS(=O)(=O)O)ccc3C1[C@@H](CCCCCN1CCOCC1)C[C@@]1(C)C2CC[C@@H]1O. The quantitative estimate of drug-likeness (QED) is 0.240. The van der Waals surface area contributed by atoms with Crippen molar-refractivity contribution in [1.82, 2.24) is 4.90 Å². The maximum absolute atomic E-state index is 11.4. The number of anilines is 1. The zero-order chi connectivity index (χ0) is 26.3. The molecule has 0 amide bonds. The van der Waals surface area contributed by atoms with Crippen molar-refractivity contribution in [3.05, 3.63) is 42.0 Å². The second-order valence-electron chi connectivity index (χ2n) is 12.2. The normalized spacial score (nSPS) is 35.9. The van der Waals surface area contributed by atoms with Crippen LogP contribution in [0.25, 0.3) is 0 Å². The van der Waals surface area contributed by atoms with Gasteiger partial charge in [-0.2, -0.15) is 8.42 Å². The number of aryl methyl sites for hydroxylation is 1. The smallest absolute Gasteiger partial charge is 0.357 e. The van der Waals surface area contributed by atoms with Crippen LogP contribution >= 0.6 is 0 Å². The van der Waals surface area contributed by atoms with Gasteiger partial charge in [-0.15, -0.1) is 6.58 Å². The Balaban J connectivity index is 1.38. The first-order chi connectivity index (χ1) is 17.7. The summed E-state index contributed by atoms with van der Waals surface area (Å²) in [6.45, 7) is 11.6. The highest BCUT2D eigenvalue weighted by molar-refractivity contribution is 7.87. The molecular formula is C29H44N2O5S. The molecule has 1 saturated heterocycles. The van der Waals surface area contributed by atoms with Crippen molar-refractivity contribution in [2.75, 3.05) is 37.6 Å². The van der Waals surface area contributed by atoms with E-state index in [0.717, 1.165) is 76.9 Å². The van der Waals surface area contributed by atoms with Gasteiger partial charge in [0.15, 0.2) is 0 Å². The summed E-state index contributed by atoms with van der Waals surface area (Å²) < 4.78 is 39.8. The highest BCUT2D eigenvalue weighted by Gasteiger charge is 2.63. The zero-order valence-electron chi connectivity index (χ0n) is 22.2. The van der Waals surface area contributed by atoms with Gasteiger partial charge in [0.1, 0.15) is 0 Å². The lowest BCUT2D eigenvalue weighted by atomic mass is 9.44. The van der Waals surface area contributed by atoms with Crippen LogP contribution < -0.4 is 4.72 Å². The number of hydrogen-bond donors (Lipinski definition) is 3. The van der Waals surface area contributed by atoms with Gasteiger partial charge in [-0.1, -0.05) is 31.9 Å². The summed E-state index contributed by atoms with van der Waals surface area (Å²) in [5.74, 6) is 1.16. The molecule has 0 aromatic heterocycles. The van der Waals surface area contributed by atoms with Crippen molar-refractivity contribution >= 4 is 16.0 Å². The van der Waals surface area contributed by atoms with Crippen LogP contribution in [0.3, 0.4) is 0 Å². The number of aliphatic hydroxyl groups excluding tert-OH is 1. The number of ether oxygens (including phenoxy) is 1. The molecule has 3 fully saturated rings. The molecule has 0 spiro atoms. The number of unbranched alkanes of at least 4 members (excludes halogenated alkanes) is 2. The van der Waals surface area contributed by atoms with Gasteiger partial charge in [0.2, 0.25) is 0 Å². The van der Waals surface area contributed by atoms with E-state index in [1.165, 1.54) is 24.8 Å². The monoisotopic (exact) mass is 532 g/mol. The Morgan fingerprint density at radius 2 is 2.00 bits per heavy atom. The number of nitrogens with one attached hydrogen (secondary N) is 1. The maximum Gasteiger partial charge on any atom is 0.357 e. The Kier molecular flexibility index (Phi) is 7.78. The summed E-state index contributed by atoms with van der Waals surface area (Å²) >= 11 is 0. The Morgan fingerprint density at radius 1 is 1.22 bits per heavy atom. The number of fused-ring (bicyclic) bond motifs is 5. The van der Waals surface area contributed by atoms with Crippen molar-refractivity contribution in [3.8, 4) is 0 Å². The standard InChI is InChI=1S/C29H44N2O5S/c1-3-29-13-12-21-19-23(30-37(33,34)35)8-9-24(21)27(29)22(20-28(2)25(29)10-11-26(28)32)7-5-4-6-14-31-15-17-36-18-16-31/h3,8-9,19,22,25-27,30,32H,1,4-7,10-18,20H2,2H3,(H,33,34,35)/t22-,25?,26-,27?,28-,29?/m0/s1. The van der Waals surface area contributed by atoms with Crippen LogP contribution in [0.15, 0.2) is 30.9 Å². The molecule has 0 bridgehead atoms. The predicted octanol–water partition coefficient (Wildman–Crippen LogP) is 4.79. The highest BCUT2D eigenvalue weighted by Crippen LogP contribution is 2.69. The molecule has 1 aromatic rings. The molecule has 3 N–H and O–H groups in total. The molecule has 5 rings (SSSR count). The fourth-order valence-electron chi connectivity index (χ4n) is 8.66. The van der Waals surface area contributed by atoms with Gasteiger partial charge in [-0.05, 0) is 103 Å². The third-order valence-corrected chi connectivity index (χ3v) is 10.8. The topological polar surface area (TPSA) is 99.1 Å².